The highest BCUT2D eigenvalue weighted by Gasteiger charge is 2.12. The van der Waals surface area contributed by atoms with Gasteiger partial charge in [-0.3, -0.25) is 4.79 Å². The molecule has 0 saturated heterocycles. The van der Waals surface area contributed by atoms with Gasteiger partial charge in [0, 0.05) is 14.5 Å². The number of carbonyl (C=O) groups is 1. The summed E-state index contributed by atoms with van der Waals surface area (Å²) in [5.41, 5.74) is 2.78. The van der Waals surface area contributed by atoms with E-state index < -0.39 is 0 Å². The molecule has 0 fully saturated rings. The third-order valence-electron chi connectivity index (χ3n) is 3.19. The van der Waals surface area contributed by atoms with Gasteiger partial charge in [-0.1, -0.05) is 12.1 Å². The number of benzene rings is 2. The maximum absolute atomic E-state index is 12.0. The number of furan rings is 1. The summed E-state index contributed by atoms with van der Waals surface area (Å²) in [6, 6.07) is 13.3. The second-order valence-electron chi connectivity index (χ2n) is 4.87. The Morgan fingerprint density at radius 2 is 1.95 bits per heavy atom. The molecule has 1 heterocycles. The highest BCUT2D eigenvalue weighted by atomic mass is 127. The van der Waals surface area contributed by atoms with Gasteiger partial charge in [0.2, 0.25) is 0 Å². The average Bonchev–Trinajstić information content (AvgIpc) is 2.83. The van der Waals surface area contributed by atoms with Gasteiger partial charge in [0.25, 0.3) is 0 Å². The number of hydrogen-bond donors (Lipinski definition) is 0. The van der Waals surface area contributed by atoms with Crippen LogP contribution >= 0.6 is 22.6 Å². The summed E-state index contributed by atoms with van der Waals surface area (Å²) < 4.78 is 11.9. The summed E-state index contributed by atoms with van der Waals surface area (Å²) in [5, 5.41) is 0.958. The molecule has 0 N–H and O–H groups in total. The molecule has 2 aromatic carbocycles. The highest BCUT2D eigenvalue weighted by Crippen LogP contribution is 2.23. The number of halogens is 1. The fourth-order valence-corrected chi connectivity index (χ4v) is 2.51. The van der Waals surface area contributed by atoms with Crippen molar-refractivity contribution in [1.29, 1.82) is 0 Å². The summed E-state index contributed by atoms with van der Waals surface area (Å²) in [7, 11) is 0. The lowest BCUT2D eigenvalue weighted by molar-refractivity contribution is -0.133. The van der Waals surface area contributed by atoms with Crippen LogP contribution in [0.5, 0.6) is 5.75 Å². The summed E-state index contributed by atoms with van der Waals surface area (Å²) >= 11 is 2.21. The minimum absolute atomic E-state index is 0.196. The normalized spacial score (nSPS) is 10.8. The van der Waals surface area contributed by atoms with Crippen LogP contribution in [0, 0.1) is 10.5 Å². The van der Waals surface area contributed by atoms with Crippen LogP contribution in [0.3, 0.4) is 0 Å². The molecule has 0 aliphatic carbocycles. The zero-order valence-electron chi connectivity index (χ0n) is 11.4. The van der Waals surface area contributed by atoms with Crippen molar-refractivity contribution in [2.45, 2.75) is 13.3 Å². The van der Waals surface area contributed by atoms with Gasteiger partial charge in [-0.25, -0.2) is 0 Å². The maximum atomic E-state index is 12.0. The van der Waals surface area contributed by atoms with Gasteiger partial charge >= 0.3 is 5.97 Å². The van der Waals surface area contributed by atoms with Crippen molar-refractivity contribution in [3.05, 3.63) is 63.4 Å². The first-order valence-electron chi connectivity index (χ1n) is 6.55. The minimum Gasteiger partial charge on any atom is -0.464 e. The fraction of sp³-hybridized carbons (Fsp3) is 0.118. The van der Waals surface area contributed by atoms with Crippen LogP contribution in [-0.2, 0) is 11.2 Å². The van der Waals surface area contributed by atoms with E-state index in [9.17, 15) is 4.79 Å². The van der Waals surface area contributed by atoms with E-state index in [0.717, 1.165) is 25.7 Å². The van der Waals surface area contributed by atoms with Crippen molar-refractivity contribution in [2.75, 3.05) is 0 Å². The van der Waals surface area contributed by atoms with E-state index in [1.165, 1.54) is 0 Å². The number of rotatable bonds is 3. The van der Waals surface area contributed by atoms with E-state index in [1.54, 1.807) is 18.4 Å². The molecular formula is C17H13IO3. The fourth-order valence-electron chi connectivity index (χ4n) is 2.15. The molecule has 0 aliphatic heterocycles. The maximum Gasteiger partial charge on any atom is 0.315 e. The van der Waals surface area contributed by atoms with Crippen LogP contribution in [0.15, 0.2) is 53.1 Å². The van der Waals surface area contributed by atoms with E-state index >= 15 is 0 Å². The van der Waals surface area contributed by atoms with E-state index in [2.05, 4.69) is 22.6 Å². The van der Waals surface area contributed by atoms with Gasteiger partial charge in [0.05, 0.1) is 12.7 Å². The first-order chi connectivity index (χ1) is 10.1. The van der Waals surface area contributed by atoms with Crippen molar-refractivity contribution < 1.29 is 13.9 Å². The van der Waals surface area contributed by atoms with Crippen LogP contribution in [0.1, 0.15) is 11.1 Å². The van der Waals surface area contributed by atoms with Gasteiger partial charge in [-0.05, 0) is 65.4 Å². The van der Waals surface area contributed by atoms with E-state index in [-0.39, 0.29) is 12.4 Å². The van der Waals surface area contributed by atoms with E-state index in [0.29, 0.717) is 5.75 Å². The molecule has 0 bridgehead atoms. The molecule has 0 radical (unpaired) electrons. The zero-order valence-corrected chi connectivity index (χ0v) is 13.6. The molecular weight excluding hydrogens is 379 g/mol. The number of carbonyl (C=O) groups excluding carboxylic acids is 1. The number of ether oxygens (including phenoxy) is 1. The molecule has 1 aromatic heterocycles. The minimum atomic E-state index is -0.292. The molecule has 0 unspecified atom stereocenters. The lowest BCUT2D eigenvalue weighted by Gasteiger charge is -2.03. The molecule has 0 spiro atoms. The lowest BCUT2D eigenvalue weighted by Crippen LogP contribution is -2.10. The van der Waals surface area contributed by atoms with E-state index in [4.69, 9.17) is 9.15 Å². The third kappa shape index (κ3) is 3.26. The second-order valence-corrected chi connectivity index (χ2v) is 6.11. The largest absolute Gasteiger partial charge is 0.464 e. The Morgan fingerprint density at radius 3 is 2.71 bits per heavy atom. The summed E-state index contributed by atoms with van der Waals surface area (Å²) in [6.45, 7) is 2.01. The summed E-state index contributed by atoms with van der Waals surface area (Å²) in [5.74, 6) is 0.267. The predicted molar refractivity (Wildman–Crippen MR) is 89.4 cm³/mol. The molecule has 106 valence electrons. The van der Waals surface area contributed by atoms with Crippen LogP contribution in [0.2, 0.25) is 0 Å². The molecule has 3 rings (SSSR count). The molecule has 0 atom stereocenters. The van der Waals surface area contributed by atoms with E-state index in [1.807, 2.05) is 37.3 Å². The third-order valence-corrected chi connectivity index (χ3v) is 3.91. The first kappa shape index (κ1) is 14.1. The quantitative estimate of drug-likeness (QED) is 0.375. The monoisotopic (exact) mass is 392 g/mol. The molecule has 0 amide bonds. The van der Waals surface area contributed by atoms with Gasteiger partial charge in [-0.15, -0.1) is 0 Å². The topological polar surface area (TPSA) is 39.4 Å². The smallest absolute Gasteiger partial charge is 0.315 e. The Morgan fingerprint density at radius 1 is 1.19 bits per heavy atom. The SMILES string of the molecule is Cc1ccc2c(CC(=O)Oc3ccc(I)cc3)coc2c1. The van der Waals surface area contributed by atoms with Gasteiger partial charge in [0.1, 0.15) is 11.3 Å². The van der Waals surface area contributed by atoms with Crippen molar-refractivity contribution in [2.24, 2.45) is 0 Å². The summed E-state index contributed by atoms with van der Waals surface area (Å²) in [4.78, 5) is 12.0. The predicted octanol–water partition coefficient (Wildman–Crippen LogP) is 4.49. The van der Waals surface area contributed by atoms with Crippen molar-refractivity contribution in [3.8, 4) is 5.75 Å². The standard InChI is InChI=1S/C17H13IO3/c1-11-2-7-15-12(10-20-16(15)8-11)9-17(19)21-14-5-3-13(18)4-6-14/h2-8,10H,9H2,1H3. The van der Waals surface area contributed by atoms with Crippen LogP contribution in [0.25, 0.3) is 11.0 Å². The summed E-state index contributed by atoms with van der Waals surface area (Å²) in [6.07, 6.45) is 1.82. The Labute approximate surface area is 136 Å². The molecule has 3 aromatic rings. The first-order valence-corrected chi connectivity index (χ1v) is 7.63. The lowest BCUT2D eigenvalue weighted by atomic mass is 10.1. The Kier molecular flexibility index (Phi) is 3.96. The van der Waals surface area contributed by atoms with Crippen molar-refractivity contribution >= 4 is 39.5 Å². The average molecular weight is 392 g/mol. The molecule has 4 heteroatoms. The van der Waals surface area contributed by atoms with Crippen molar-refractivity contribution in [1.82, 2.24) is 0 Å². The Balaban J connectivity index is 1.75. The molecule has 3 nitrogen and oxygen atoms in total. The van der Waals surface area contributed by atoms with Gasteiger partial charge < -0.3 is 9.15 Å². The highest BCUT2D eigenvalue weighted by molar-refractivity contribution is 14.1. The number of hydrogen-bond acceptors (Lipinski definition) is 3. The number of aryl methyl sites for hydroxylation is 1. The van der Waals surface area contributed by atoms with Gasteiger partial charge in [0.15, 0.2) is 0 Å². The number of esters is 1. The molecule has 21 heavy (non-hydrogen) atoms. The molecule has 0 aliphatic rings. The van der Waals surface area contributed by atoms with Crippen LogP contribution in [0.4, 0.5) is 0 Å². The second kappa shape index (κ2) is 5.89. The zero-order chi connectivity index (χ0) is 14.8. The van der Waals surface area contributed by atoms with Gasteiger partial charge in [-0.2, -0.15) is 0 Å². The Bertz CT molecular complexity index is 787. The number of fused-ring (bicyclic) bond motifs is 1. The van der Waals surface area contributed by atoms with Crippen LogP contribution < -0.4 is 4.74 Å². The Hall–Kier alpha value is -1.82. The molecule has 0 saturated carbocycles. The van der Waals surface area contributed by atoms with Crippen LogP contribution in [-0.4, -0.2) is 5.97 Å². The van der Waals surface area contributed by atoms with Crippen molar-refractivity contribution in [3.63, 3.8) is 0 Å².